The monoisotopic (exact) mass is 460 g/mol. The van der Waals surface area contributed by atoms with Crippen molar-refractivity contribution in [2.45, 2.75) is 13.5 Å². The lowest BCUT2D eigenvalue weighted by molar-refractivity contribution is -0.114. The number of nitrogens with zero attached hydrogens (tertiary/aromatic N) is 4. The van der Waals surface area contributed by atoms with Crippen LogP contribution in [0.25, 0.3) is 23.1 Å². The van der Waals surface area contributed by atoms with Gasteiger partial charge in [-0.2, -0.15) is 5.10 Å². The molecule has 0 radical (unpaired) electrons. The third-order valence-corrected chi connectivity index (χ3v) is 5.48. The summed E-state index contributed by atoms with van der Waals surface area (Å²) in [6.45, 7) is 2.22. The lowest BCUT2D eigenvalue weighted by Gasteiger charge is -2.09. The number of aromatic nitrogens is 4. The first-order valence-corrected chi connectivity index (χ1v) is 11.3. The van der Waals surface area contributed by atoms with Gasteiger partial charge in [0, 0.05) is 35.4 Å². The van der Waals surface area contributed by atoms with Crippen LogP contribution in [0.1, 0.15) is 23.6 Å². The average molecular weight is 461 g/mol. The van der Waals surface area contributed by atoms with Crippen LogP contribution in [0.4, 0.5) is 17.2 Å². The Hall–Kier alpha value is -4.78. The van der Waals surface area contributed by atoms with Crippen molar-refractivity contribution in [3.8, 4) is 0 Å². The molecular formula is C28H24N6O. The normalized spacial score (nSPS) is 11.1. The number of hydrogen-bond acceptors (Lipinski definition) is 5. The van der Waals surface area contributed by atoms with Crippen LogP contribution in [0.2, 0.25) is 0 Å². The van der Waals surface area contributed by atoms with Gasteiger partial charge in [-0.25, -0.2) is 9.97 Å². The van der Waals surface area contributed by atoms with E-state index in [9.17, 15) is 4.79 Å². The van der Waals surface area contributed by atoms with Crippen LogP contribution >= 0.6 is 0 Å². The van der Waals surface area contributed by atoms with Gasteiger partial charge in [0.05, 0.1) is 18.3 Å². The summed E-state index contributed by atoms with van der Waals surface area (Å²) in [5.74, 6) is 0.599. The summed E-state index contributed by atoms with van der Waals surface area (Å²) in [5.41, 5.74) is 5.75. The summed E-state index contributed by atoms with van der Waals surface area (Å²) in [6.07, 6.45) is 9.08. The number of anilines is 3. The second kappa shape index (κ2) is 10.0. The maximum absolute atomic E-state index is 11.3. The van der Waals surface area contributed by atoms with Gasteiger partial charge in [-0.15, -0.1) is 0 Å². The highest BCUT2D eigenvalue weighted by Gasteiger charge is 2.07. The molecule has 0 aliphatic carbocycles. The van der Waals surface area contributed by atoms with E-state index in [1.54, 1.807) is 6.20 Å². The molecule has 7 heteroatoms. The fraction of sp³-hybridized carbons (Fsp3) is 0.0714. The van der Waals surface area contributed by atoms with E-state index in [2.05, 4.69) is 50.0 Å². The molecule has 2 heterocycles. The second-order valence-corrected chi connectivity index (χ2v) is 8.15. The molecule has 1 amide bonds. The van der Waals surface area contributed by atoms with Crippen molar-refractivity contribution in [1.82, 2.24) is 19.7 Å². The largest absolute Gasteiger partial charge is 0.340 e. The van der Waals surface area contributed by atoms with Crippen molar-refractivity contribution in [2.75, 3.05) is 10.6 Å². The third-order valence-electron chi connectivity index (χ3n) is 5.48. The second-order valence-electron chi connectivity index (χ2n) is 8.15. The van der Waals surface area contributed by atoms with Crippen LogP contribution in [-0.2, 0) is 11.3 Å². The number of benzene rings is 3. The predicted molar refractivity (Wildman–Crippen MR) is 140 cm³/mol. The Morgan fingerprint density at radius 1 is 0.943 bits per heavy atom. The summed E-state index contributed by atoms with van der Waals surface area (Å²) in [7, 11) is 0. The Bertz CT molecular complexity index is 1510. The van der Waals surface area contributed by atoms with Crippen LogP contribution in [0, 0.1) is 0 Å². The zero-order valence-electron chi connectivity index (χ0n) is 19.2. The van der Waals surface area contributed by atoms with Crippen molar-refractivity contribution >= 4 is 46.2 Å². The van der Waals surface area contributed by atoms with Gasteiger partial charge < -0.3 is 10.6 Å². The summed E-state index contributed by atoms with van der Waals surface area (Å²) in [4.78, 5) is 19.9. The van der Waals surface area contributed by atoms with E-state index in [-0.39, 0.29) is 5.91 Å². The third kappa shape index (κ3) is 5.42. The van der Waals surface area contributed by atoms with Gasteiger partial charge >= 0.3 is 0 Å². The van der Waals surface area contributed by atoms with Crippen molar-refractivity contribution in [1.29, 1.82) is 0 Å². The molecule has 5 aromatic rings. The zero-order chi connectivity index (χ0) is 24.0. The lowest BCUT2D eigenvalue weighted by Crippen LogP contribution is -2.05. The fourth-order valence-electron chi connectivity index (χ4n) is 3.86. The van der Waals surface area contributed by atoms with E-state index < -0.39 is 0 Å². The molecule has 0 spiro atoms. The number of carbonyl (C=O) groups excluding carboxylic acids is 1. The first-order valence-electron chi connectivity index (χ1n) is 11.3. The molecule has 0 atom stereocenters. The van der Waals surface area contributed by atoms with Crippen LogP contribution in [0.5, 0.6) is 0 Å². The summed E-state index contributed by atoms with van der Waals surface area (Å²) >= 11 is 0. The van der Waals surface area contributed by atoms with E-state index >= 15 is 0 Å². The minimum atomic E-state index is -0.100. The van der Waals surface area contributed by atoms with Gasteiger partial charge in [0.1, 0.15) is 12.1 Å². The van der Waals surface area contributed by atoms with Crippen molar-refractivity contribution in [2.24, 2.45) is 0 Å². The molecule has 0 aliphatic heterocycles. The van der Waals surface area contributed by atoms with E-state index in [0.29, 0.717) is 5.82 Å². The molecule has 7 nitrogen and oxygen atoms in total. The molecule has 0 bridgehead atoms. The van der Waals surface area contributed by atoms with E-state index in [1.165, 1.54) is 18.8 Å². The lowest BCUT2D eigenvalue weighted by atomic mass is 10.1. The van der Waals surface area contributed by atoms with Gasteiger partial charge in [0.15, 0.2) is 0 Å². The van der Waals surface area contributed by atoms with Gasteiger partial charge in [0.2, 0.25) is 5.91 Å². The molecule has 2 N–H and O–H groups in total. The topological polar surface area (TPSA) is 84.7 Å². The minimum Gasteiger partial charge on any atom is -0.340 e. The quantitative estimate of drug-likeness (QED) is 0.323. The standard InChI is InChI=1S/C28H24N6O/c1-20(35)32-25-9-5-8-21(14-25)10-11-23-16-29-19-30-28(23)33-26-12-13-27-24(15-26)17-31-34(27)18-22-6-3-2-4-7-22/h2-17,19H,18H2,1H3,(H,32,35)(H,29,30,33)/b11-10+. The molecule has 2 aromatic heterocycles. The predicted octanol–water partition coefficient (Wildman–Crippen LogP) is 5.75. The summed E-state index contributed by atoms with van der Waals surface area (Å²) in [6, 6.07) is 24.1. The molecule has 3 aromatic carbocycles. The molecule has 0 aliphatic rings. The number of rotatable bonds is 7. The SMILES string of the molecule is CC(=O)Nc1cccc(/C=C/c2cncnc2Nc2ccc3c(cnn3Cc3ccccc3)c2)c1. The van der Waals surface area contributed by atoms with Crippen LogP contribution in [-0.4, -0.2) is 25.7 Å². The van der Waals surface area contributed by atoms with Crippen molar-refractivity contribution in [3.05, 3.63) is 108 Å². The summed E-state index contributed by atoms with van der Waals surface area (Å²) < 4.78 is 2.00. The van der Waals surface area contributed by atoms with E-state index in [0.717, 1.165) is 39.9 Å². The molecular weight excluding hydrogens is 436 g/mol. The van der Waals surface area contributed by atoms with Gasteiger partial charge in [-0.1, -0.05) is 48.5 Å². The van der Waals surface area contributed by atoms with Crippen LogP contribution in [0.3, 0.4) is 0 Å². The van der Waals surface area contributed by atoms with Gasteiger partial charge in [0.25, 0.3) is 0 Å². The Morgan fingerprint density at radius 3 is 2.69 bits per heavy atom. The Morgan fingerprint density at radius 2 is 1.83 bits per heavy atom. The molecule has 0 unspecified atom stereocenters. The zero-order valence-corrected chi connectivity index (χ0v) is 19.2. The highest BCUT2D eigenvalue weighted by atomic mass is 16.1. The number of amides is 1. The number of hydrogen-bond donors (Lipinski definition) is 2. The molecule has 5 rings (SSSR count). The highest BCUT2D eigenvalue weighted by Crippen LogP contribution is 2.24. The number of nitrogens with one attached hydrogen (secondary N) is 2. The maximum atomic E-state index is 11.3. The Kier molecular flexibility index (Phi) is 6.30. The Balaban J connectivity index is 1.35. The number of fused-ring (bicyclic) bond motifs is 1. The molecule has 0 fully saturated rings. The van der Waals surface area contributed by atoms with Crippen LogP contribution in [0.15, 0.2) is 91.5 Å². The smallest absolute Gasteiger partial charge is 0.221 e. The van der Waals surface area contributed by atoms with E-state index in [1.807, 2.05) is 71.6 Å². The first kappa shape index (κ1) is 22.0. The summed E-state index contributed by atoms with van der Waals surface area (Å²) in [5, 5.41) is 11.8. The highest BCUT2D eigenvalue weighted by molar-refractivity contribution is 5.89. The van der Waals surface area contributed by atoms with Crippen molar-refractivity contribution in [3.63, 3.8) is 0 Å². The minimum absolute atomic E-state index is 0.100. The fourth-order valence-corrected chi connectivity index (χ4v) is 3.86. The van der Waals surface area contributed by atoms with Crippen molar-refractivity contribution < 1.29 is 4.79 Å². The van der Waals surface area contributed by atoms with Gasteiger partial charge in [-0.05, 0) is 47.5 Å². The Labute approximate surface area is 203 Å². The molecule has 172 valence electrons. The maximum Gasteiger partial charge on any atom is 0.221 e. The molecule has 0 saturated carbocycles. The van der Waals surface area contributed by atoms with Crippen LogP contribution < -0.4 is 10.6 Å². The molecule has 0 saturated heterocycles. The first-order chi connectivity index (χ1) is 17.1. The number of carbonyl (C=O) groups is 1. The molecule has 35 heavy (non-hydrogen) atoms. The van der Waals surface area contributed by atoms with Gasteiger partial charge in [-0.3, -0.25) is 9.48 Å². The average Bonchev–Trinajstić information content (AvgIpc) is 3.26. The van der Waals surface area contributed by atoms with E-state index in [4.69, 9.17) is 0 Å².